The van der Waals surface area contributed by atoms with Gasteiger partial charge in [0.2, 0.25) is 5.60 Å². The summed E-state index contributed by atoms with van der Waals surface area (Å²) in [6.45, 7) is -0.641. The van der Waals surface area contributed by atoms with E-state index in [1.54, 1.807) is 12.2 Å². The van der Waals surface area contributed by atoms with E-state index in [4.69, 9.17) is 0 Å². The van der Waals surface area contributed by atoms with Crippen molar-refractivity contribution in [2.45, 2.75) is 49.7 Å². The molecule has 0 aromatic carbocycles. The molecule has 0 aromatic heterocycles. The lowest BCUT2D eigenvalue weighted by Crippen LogP contribution is -2.63. The van der Waals surface area contributed by atoms with E-state index in [2.05, 4.69) is 9.47 Å². The Bertz CT molecular complexity index is 489. The summed E-state index contributed by atoms with van der Waals surface area (Å²) in [7, 11) is 0. The minimum Gasteiger partial charge on any atom is -0.450 e. The number of ether oxygens (including phenoxy) is 2. The molecule has 0 radical (unpaired) electrons. The predicted molar refractivity (Wildman–Crippen MR) is 62.9 cm³/mol. The number of aliphatic hydroxyl groups is 1. The standard InChI is InChI=1S/C13H15F5O4/c1-10(22-9(19)8-5-3-2-4-6-8)7-21-12(20,11(10,14)15)13(16,17)18/h2-3,8,20H,4-7H2,1H3. The van der Waals surface area contributed by atoms with Crippen LogP contribution in [0.4, 0.5) is 22.0 Å². The molecule has 3 unspecified atom stereocenters. The lowest BCUT2D eigenvalue weighted by Gasteiger charge is -2.36. The second-order valence-electron chi connectivity index (χ2n) is 5.64. The number of hydrogen-bond acceptors (Lipinski definition) is 4. The van der Waals surface area contributed by atoms with E-state index in [-0.39, 0.29) is 6.42 Å². The molecule has 0 bridgehead atoms. The SMILES string of the molecule is CC1(OC(=O)C2CC=CCC2)COC(O)(C(F)(F)F)C1(F)F. The minimum atomic E-state index is -5.73. The van der Waals surface area contributed by atoms with E-state index in [0.717, 1.165) is 0 Å². The van der Waals surface area contributed by atoms with Crippen LogP contribution < -0.4 is 0 Å². The third-order valence-corrected chi connectivity index (χ3v) is 3.96. The van der Waals surface area contributed by atoms with E-state index in [1.165, 1.54) is 0 Å². The van der Waals surface area contributed by atoms with E-state index in [1.807, 2.05) is 0 Å². The average molecular weight is 330 g/mol. The van der Waals surface area contributed by atoms with E-state index >= 15 is 0 Å². The van der Waals surface area contributed by atoms with Crippen molar-refractivity contribution in [2.75, 3.05) is 6.61 Å². The van der Waals surface area contributed by atoms with Gasteiger partial charge in [-0.25, -0.2) is 0 Å². The molecule has 4 nitrogen and oxygen atoms in total. The first kappa shape index (κ1) is 17.1. The number of hydrogen-bond donors (Lipinski definition) is 1. The summed E-state index contributed by atoms with van der Waals surface area (Å²) in [5, 5.41) is 9.21. The Balaban J connectivity index is 2.20. The van der Waals surface area contributed by atoms with Crippen LogP contribution in [-0.4, -0.2) is 41.2 Å². The van der Waals surface area contributed by atoms with Crippen molar-refractivity contribution in [3.05, 3.63) is 12.2 Å². The van der Waals surface area contributed by atoms with Crippen molar-refractivity contribution in [3.8, 4) is 0 Å². The Morgan fingerprint density at radius 2 is 2.00 bits per heavy atom. The largest absolute Gasteiger partial charge is 0.450 e. The van der Waals surface area contributed by atoms with Crippen molar-refractivity contribution in [3.63, 3.8) is 0 Å². The first-order valence-corrected chi connectivity index (χ1v) is 6.63. The quantitative estimate of drug-likeness (QED) is 0.480. The Labute approximate surface area is 122 Å². The molecule has 1 saturated heterocycles. The molecule has 9 heteroatoms. The second-order valence-corrected chi connectivity index (χ2v) is 5.64. The normalized spacial score (nSPS) is 38.0. The zero-order valence-electron chi connectivity index (χ0n) is 11.6. The van der Waals surface area contributed by atoms with Crippen molar-refractivity contribution < 1.29 is 41.3 Å². The number of rotatable bonds is 2. The summed E-state index contributed by atoms with van der Waals surface area (Å²) in [6.07, 6.45) is -1.06. The average Bonchev–Trinajstić information content (AvgIpc) is 2.61. The smallest absolute Gasteiger partial charge is 0.449 e. The third-order valence-electron chi connectivity index (χ3n) is 3.96. The van der Waals surface area contributed by atoms with E-state index in [9.17, 15) is 31.9 Å². The highest BCUT2D eigenvalue weighted by Gasteiger charge is 2.82. The van der Waals surface area contributed by atoms with E-state index in [0.29, 0.717) is 19.8 Å². The monoisotopic (exact) mass is 330 g/mol. The molecule has 0 amide bonds. The Hall–Kier alpha value is -1.22. The van der Waals surface area contributed by atoms with Gasteiger partial charge in [-0.05, 0) is 26.2 Å². The molecule has 22 heavy (non-hydrogen) atoms. The van der Waals surface area contributed by atoms with Crippen LogP contribution in [0.2, 0.25) is 0 Å². The molecule has 1 aliphatic carbocycles. The zero-order chi connectivity index (χ0) is 16.8. The molecule has 1 aliphatic heterocycles. The molecular weight excluding hydrogens is 315 g/mol. The third kappa shape index (κ3) is 2.40. The van der Waals surface area contributed by atoms with Crippen LogP contribution in [0.25, 0.3) is 0 Å². The molecule has 1 fully saturated rings. The van der Waals surface area contributed by atoms with Gasteiger partial charge in [0.15, 0.2) is 0 Å². The number of carbonyl (C=O) groups excluding carboxylic acids is 1. The number of alkyl halides is 5. The molecular formula is C13H15F5O4. The first-order valence-electron chi connectivity index (χ1n) is 6.63. The highest BCUT2D eigenvalue weighted by molar-refractivity contribution is 5.73. The summed E-state index contributed by atoms with van der Waals surface area (Å²) in [4.78, 5) is 11.9. The molecule has 1 heterocycles. The van der Waals surface area contributed by atoms with Gasteiger partial charge in [-0.1, -0.05) is 12.2 Å². The summed E-state index contributed by atoms with van der Waals surface area (Å²) in [5.41, 5.74) is -2.89. The number of carbonyl (C=O) groups is 1. The lowest BCUT2D eigenvalue weighted by molar-refractivity contribution is -0.409. The summed E-state index contributed by atoms with van der Waals surface area (Å²) in [6, 6.07) is 0. The van der Waals surface area contributed by atoms with Crippen molar-refractivity contribution in [2.24, 2.45) is 5.92 Å². The zero-order valence-corrected chi connectivity index (χ0v) is 11.6. The number of allylic oxidation sites excluding steroid dienone is 2. The fourth-order valence-electron chi connectivity index (χ4n) is 2.45. The van der Waals surface area contributed by atoms with Crippen molar-refractivity contribution in [1.82, 2.24) is 0 Å². The maximum atomic E-state index is 14.1. The fourth-order valence-corrected chi connectivity index (χ4v) is 2.45. The molecule has 1 N–H and O–H groups in total. The van der Waals surface area contributed by atoms with Crippen LogP contribution in [0.3, 0.4) is 0 Å². The first-order chi connectivity index (χ1) is 9.95. The molecule has 2 rings (SSSR count). The summed E-state index contributed by atoms with van der Waals surface area (Å²) >= 11 is 0. The fraction of sp³-hybridized carbons (Fsp3) is 0.769. The van der Waals surface area contributed by atoms with Gasteiger partial charge in [-0.3, -0.25) is 4.79 Å². The topological polar surface area (TPSA) is 55.8 Å². The number of esters is 1. The van der Waals surface area contributed by atoms with Crippen molar-refractivity contribution in [1.29, 1.82) is 0 Å². The Morgan fingerprint density at radius 3 is 2.45 bits per heavy atom. The van der Waals surface area contributed by atoms with Gasteiger partial charge in [0, 0.05) is 0 Å². The van der Waals surface area contributed by atoms with Gasteiger partial charge in [-0.15, -0.1) is 0 Å². The highest BCUT2D eigenvalue weighted by atomic mass is 19.4. The molecule has 0 aromatic rings. The summed E-state index contributed by atoms with van der Waals surface area (Å²) < 4.78 is 74.7. The molecule has 3 atom stereocenters. The predicted octanol–water partition coefficient (Wildman–Crippen LogP) is 2.56. The van der Waals surface area contributed by atoms with E-state index < -0.39 is 42.0 Å². The molecule has 2 aliphatic rings. The summed E-state index contributed by atoms with van der Waals surface area (Å²) in [5.74, 6) is -11.2. The molecule has 0 spiro atoms. The number of halogens is 5. The highest BCUT2D eigenvalue weighted by Crippen LogP contribution is 2.54. The Morgan fingerprint density at radius 1 is 1.36 bits per heavy atom. The van der Waals surface area contributed by atoms with Crippen LogP contribution in [0.1, 0.15) is 26.2 Å². The van der Waals surface area contributed by atoms with Crippen molar-refractivity contribution >= 4 is 5.97 Å². The van der Waals surface area contributed by atoms with Gasteiger partial charge in [0.1, 0.15) is 0 Å². The Kier molecular flexibility index (Phi) is 4.02. The van der Waals surface area contributed by atoms with Crippen LogP contribution in [0, 0.1) is 5.92 Å². The van der Waals surface area contributed by atoms with Gasteiger partial charge in [0.25, 0.3) is 0 Å². The van der Waals surface area contributed by atoms with Crippen LogP contribution >= 0.6 is 0 Å². The second kappa shape index (κ2) is 5.16. The van der Waals surface area contributed by atoms with Gasteiger partial charge < -0.3 is 14.6 Å². The maximum Gasteiger partial charge on any atom is 0.449 e. The van der Waals surface area contributed by atoms with Crippen LogP contribution in [-0.2, 0) is 14.3 Å². The molecule has 0 saturated carbocycles. The minimum absolute atomic E-state index is 0.269. The van der Waals surface area contributed by atoms with Gasteiger partial charge >= 0.3 is 23.9 Å². The van der Waals surface area contributed by atoms with Crippen LogP contribution in [0.5, 0.6) is 0 Å². The maximum absolute atomic E-state index is 14.1. The van der Waals surface area contributed by atoms with Crippen LogP contribution in [0.15, 0.2) is 12.2 Å². The lowest BCUT2D eigenvalue weighted by atomic mass is 9.92. The van der Waals surface area contributed by atoms with Gasteiger partial charge in [0.05, 0.1) is 12.5 Å². The van der Waals surface area contributed by atoms with Gasteiger partial charge in [-0.2, -0.15) is 22.0 Å². The molecule has 126 valence electrons.